The second kappa shape index (κ2) is 7.31. The molecule has 132 valence electrons. The molecule has 0 amide bonds. The van der Waals surface area contributed by atoms with Crippen LogP contribution in [0.3, 0.4) is 0 Å². The maximum Gasteiger partial charge on any atom is 0.337 e. The van der Waals surface area contributed by atoms with Crippen LogP contribution in [0.4, 0.5) is 0 Å². The van der Waals surface area contributed by atoms with Gasteiger partial charge < -0.3 is 20.4 Å². The molecule has 2 aromatic carbocycles. The van der Waals surface area contributed by atoms with Gasteiger partial charge in [0, 0.05) is 0 Å². The van der Waals surface area contributed by atoms with Crippen LogP contribution in [0.25, 0.3) is 12.2 Å². The van der Waals surface area contributed by atoms with Gasteiger partial charge in [0.15, 0.2) is 0 Å². The van der Waals surface area contributed by atoms with E-state index in [4.69, 9.17) is 15.3 Å². The summed E-state index contributed by atoms with van der Waals surface area (Å²) in [5.74, 6) is -5.62. The molecule has 0 spiro atoms. The zero-order valence-corrected chi connectivity index (χ0v) is 13.0. The van der Waals surface area contributed by atoms with Crippen molar-refractivity contribution in [1.82, 2.24) is 0 Å². The van der Waals surface area contributed by atoms with Gasteiger partial charge in [0.25, 0.3) is 0 Å². The van der Waals surface area contributed by atoms with Crippen LogP contribution in [0.15, 0.2) is 36.4 Å². The first-order chi connectivity index (χ1) is 12.2. The highest BCUT2D eigenvalue weighted by Crippen LogP contribution is 2.20. The Balaban J connectivity index is 2.51. The van der Waals surface area contributed by atoms with E-state index in [1.807, 2.05) is 0 Å². The summed E-state index contributed by atoms with van der Waals surface area (Å²) in [5.41, 5.74) is -1.17. The topological polar surface area (TPSA) is 149 Å². The molecule has 0 saturated heterocycles. The predicted octanol–water partition coefficient (Wildman–Crippen LogP) is 2.65. The fourth-order valence-electron chi connectivity index (χ4n) is 2.34. The van der Waals surface area contributed by atoms with Gasteiger partial charge in [-0.2, -0.15) is 0 Å². The van der Waals surface area contributed by atoms with Gasteiger partial charge in [-0.1, -0.05) is 30.4 Å². The smallest absolute Gasteiger partial charge is 0.337 e. The molecule has 0 aromatic heterocycles. The lowest BCUT2D eigenvalue weighted by Crippen LogP contribution is -2.09. The second-order valence-corrected chi connectivity index (χ2v) is 5.13. The van der Waals surface area contributed by atoms with E-state index in [0.717, 1.165) is 18.2 Å². The molecule has 0 unspecified atom stereocenters. The minimum absolute atomic E-state index is 0.108. The summed E-state index contributed by atoms with van der Waals surface area (Å²) in [6, 6.07) is 7.55. The van der Waals surface area contributed by atoms with Crippen LogP contribution in [0.5, 0.6) is 0 Å². The SMILES string of the molecule is O=C(O)c1ccc(/C=C\c2cccc(C(=O)O)c2C(=O)O)cc1C(=O)O. The minimum Gasteiger partial charge on any atom is -0.478 e. The summed E-state index contributed by atoms with van der Waals surface area (Å²) in [5, 5.41) is 36.5. The molecule has 8 nitrogen and oxygen atoms in total. The van der Waals surface area contributed by atoms with E-state index in [9.17, 15) is 24.3 Å². The lowest BCUT2D eigenvalue weighted by atomic mass is 9.99. The Morgan fingerprint density at radius 3 is 1.81 bits per heavy atom. The number of aromatic carboxylic acids is 4. The molecule has 0 fully saturated rings. The standard InChI is InChI=1S/C18H12O8/c19-15(20)11-7-5-9(8-13(11)17(23)24)4-6-10-2-1-3-12(16(21)22)14(10)18(25)26/h1-8H,(H,19,20)(H,21,22)(H,23,24)(H,25,26)/b6-4-. The molecular formula is C18H12O8. The summed E-state index contributed by atoms with van der Waals surface area (Å²) in [6.07, 6.45) is 2.68. The molecule has 0 radical (unpaired) electrons. The fraction of sp³-hybridized carbons (Fsp3) is 0. The first-order valence-corrected chi connectivity index (χ1v) is 7.10. The summed E-state index contributed by atoms with van der Waals surface area (Å²) >= 11 is 0. The number of hydrogen-bond acceptors (Lipinski definition) is 4. The number of carbonyl (C=O) groups is 4. The van der Waals surface area contributed by atoms with Crippen molar-refractivity contribution in [1.29, 1.82) is 0 Å². The third kappa shape index (κ3) is 3.75. The molecule has 0 atom stereocenters. The lowest BCUT2D eigenvalue weighted by Gasteiger charge is -2.06. The summed E-state index contributed by atoms with van der Waals surface area (Å²) < 4.78 is 0. The maximum atomic E-state index is 11.4. The van der Waals surface area contributed by atoms with Crippen molar-refractivity contribution in [3.05, 3.63) is 69.8 Å². The van der Waals surface area contributed by atoms with Gasteiger partial charge in [0.1, 0.15) is 0 Å². The van der Waals surface area contributed by atoms with Crippen molar-refractivity contribution in [2.75, 3.05) is 0 Å². The molecule has 0 saturated carbocycles. The van der Waals surface area contributed by atoms with Gasteiger partial charge in [0.05, 0.1) is 22.3 Å². The predicted molar refractivity (Wildman–Crippen MR) is 89.6 cm³/mol. The molecule has 4 N–H and O–H groups in total. The molecule has 0 bridgehead atoms. The minimum atomic E-state index is -1.42. The molecule has 0 aliphatic heterocycles. The van der Waals surface area contributed by atoms with E-state index < -0.39 is 35.0 Å². The Morgan fingerprint density at radius 1 is 0.654 bits per heavy atom. The molecule has 2 rings (SSSR count). The van der Waals surface area contributed by atoms with Crippen molar-refractivity contribution in [3.63, 3.8) is 0 Å². The number of carboxylic acids is 4. The Hall–Kier alpha value is -3.94. The molecule has 0 heterocycles. The van der Waals surface area contributed by atoms with Gasteiger partial charge >= 0.3 is 23.9 Å². The van der Waals surface area contributed by atoms with Crippen LogP contribution in [0.2, 0.25) is 0 Å². The van der Waals surface area contributed by atoms with Crippen LogP contribution in [0, 0.1) is 0 Å². The van der Waals surface area contributed by atoms with Crippen LogP contribution < -0.4 is 0 Å². The van der Waals surface area contributed by atoms with Crippen molar-refractivity contribution in [2.24, 2.45) is 0 Å². The zero-order chi connectivity index (χ0) is 19.4. The largest absolute Gasteiger partial charge is 0.478 e. The number of benzene rings is 2. The Labute approximate surface area is 146 Å². The van der Waals surface area contributed by atoms with Crippen molar-refractivity contribution < 1.29 is 39.6 Å². The average molecular weight is 356 g/mol. The van der Waals surface area contributed by atoms with Gasteiger partial charge in [-0.3, -0.25) is 0 Å². The number of rotatable bonds is 6. The molecule has 2 aromatic rings. The number of carboxylic acid groups (broad SMARTS) is 4. The molecular weight excluding hydrogens is 344 g/mol. The van der Waals surface area contributed by atoms with Crippen LogP contribution in [0.1, 0.15) is 52.6 Å². The third-order valence-electron chi connectivity index (χ3n) is 3.50. The van der Waals surface area contributed by atoms with E-state index in [1.165, 1.54) is 30.4 Å². The van der Waals surface area contributed by atoms with E-state index in [2.05, 4.69) is 0 Å². The molecule has 8 heteroatoms. The fourth-order valence-corrected chi connectivity index (χ4v) is 2.34. The summed E-state index contributed by atoms with van der Waals surface area (Å²) in [4.78, 5) is 44.8. The third-order valence-corrected chi connectivity index (χ3v) is 3.50. The molecule has 26 heavy (non-hydrogen) atoms. The quantitative estimate of drug-likeness (QED) is 0.577. The van der Waals surface area contributed by atoms with Gasteiger partial charge in [-0.15, -0.1) is 0 Å². The average Bonchev–Trinajstić information content (AvgIpc) is 2.58. The van der Waals surface area contributed by atoms with Gasteiger partial charge in [-0.05, 0) is 29.3 Å². The van der Waals surface area contributed by atoms with Crippen LogP contribution >= 0.6 is 0 Å². The normalized spacial score (nSPS) is 10.6. The Morgan fingerprint density at radius 2 is 1.27 bits per heavy atom. The second-order valence-electron chi connectivity index (χ2n) is 5.13. The van der Waals surface area contributed by atoms with E-state index in [1.54, 1.807) is 0 Å². The van der Waals surface area contributed by atoms with Crippen molar-refractivity contribution >= 4 is 36.0 Å². The molecule has 0 aliphatic carbocycles. The van der Waals surface area contributed by atoms with E-state index in [-0.39, 0.29) is 16.7 Å². The monoisotopic (exact) mass is 356 g/mol. The highest BCUT2D eigenvalue weighted by Gasteiger charge is 2.19. The van der Waals surface area contributed by atoms with Gasteiger partial charge in [-0.25, -0.2) is 19.2 Å². The zero-order valence-electron chi connectivity index (χ0n) is 13.0. The summed E-state index contributed by atoms with van der Waals surface area (Å²) in [7, 11) is 0. The summed E-state index contributed by atoms with van der Waals surface area (Å²) in [6.45, 7) is 0. The molecule has 0 aliphatic rings. The van der Waals surface area contributed by atoms with Crippen LogP contribution in [-0.4, -0.2) is 44.3 Å². The first kappa shape index (κ1) is 18.4. The van der Waals surface area contributed by atoms with E-state index >= 15 is 0 Å². The Bertz CT molecular complexity index is 956. The maximum absolute atomic E-state index is 11.4. The van der Waals surface area contributed by atoms with Gasteiger partial charge in [0.2, 0.25) is 0 Å². The van der Waals surface area contributed by atoms with Crippen molar-refractivity contribution in [2.45, 2.75) is 0 Å². The number of hydrogen-bond donors (Lipinski definition) is 4. The van der Waals surface area contributed by atoms with E-state index in [0.29, 0.717) is 5.56 Å². The highest BCUT2D eigenvalue weighted by molar-refractivity contribution is 6.05. The first-order valence-electron chi connectivity index (χ1n) is 7.10. The Kier molecular flexibility index (Phi) is 5.17. The lowest BCUT2D eigenvalue weighted by molar-refractivity contribution is 0.0651. The van der Waals surface area contributed by atoms with Crippen molar-refractivity contribution in [3.8, 4) is 0 Å². The highest BCUT2D eigenvalue weighted by atomic mass is 16.4. The van der Waals surface area contributed by atoms with Crippen LogP contribution in [-0.2, 0) is 0 Å².